The van der Waals surface area contributed by atoms with Gasteiger partial charge in [-0.05, 0) is 29.1 Å². The lowest BCUT2D eigenvalue weighted by Gasteiger charge is -2.01. The third-order valence-corrected chi connectivity index (χ3v) is 4.74. The van der Waals surface area contributed by atoms with Gasteiger partial charge in [0.2, 0.25) is 5.91 Å². The minimum absolute atomic E-state index is 0.162. The second-order valence-corrected chi connectivity index (χ2v) is 6.53. The van der Waals surface area contributed by atoms with E-state index in [1.165, 1.54) is 23.5 Å². The Labute approximate surface area is 141 Å². The first-order chi connectivity index (χ1) is 11.7. The number of aromatic nitrogens is 1. The average molecular weight is 336 g/mol. The Morgan fingerprint density at radius 1 is 1.04 bits per heavy atom. The molecule has 0 saturated heterocycles. The van der Waals surface area contributed by atoms with Crippen LogP contribution in [0.15, 0.2) is 60.7 Å². The van der Waals surface area contributed by atoms with Crippen LogP contribution in [-0.4, -0.2) is 10.9 Å². The number of anilines is 1. The van der Waals surface area contributed by atoms with Crippen molar-refractivity contribution in [1.82, 2.24) is 4.98 Å². The molecule has 1 aromatic heterocycles. The summed E-state index contributed by atoms with van der Waals surface area (Å²) >= 11 is 1.45. The Kier molecular flexibility index (Phi) is 3.70. The summed E-state index contributed by atoms with van der Waals surface area (Å²) in [6, 6.07) is 18.0. The molecule has 3 nitrogen and oxygen atoms in total. The second-order valence-electron chi connectivity index (χ2n) is 5.50. The summed E-state index contributed by atoms with van der Waals surface area (Å²) in [7, 11) is 0. The van der Waals surface area contributed by atoms with Crippen molar-refractivity contribution in [3.63, 3.8) is 0 Å². The van der Waals surface area contributed by atoms with Crippen LogP contribution in [0.2, 0.25) is 0 Å². The SMILES string of the molecule is O=C(Cc1ccc(F)cc1)Nc1nc2c(ccc3ccccc32)s1. The van der Waals surface area contributed by atoms with Crippen molar-refractivity contribution in [1.29, 1.82) is 0 Å². The monoisotopic (exact) mass is 336 g/mol. The molecule has 24 heavy (non-hydrogen) atoms. The summed E-state index contributed by atoms with van der Waals surface area (Å²) in [6.45, 7) is 0. The minimum Gasteiger partial charge on any atom is -0.302 e. The van der Waals surface area contributed by atoms with E-state index in [4.69, 9.17) is 0 Å². The van der Waals surface area contributed by atoms with Gasteiger partial charge in [-0.25, -0.2) is 9.37 Å². The van der Waals surface area contributed by atoms with E-state index in [1.54, 1.807) is 12.1 Å². The van der Waals surface area contributed by atoms with Crippen LogP contribution in [-0.2, 0) is 11.2 Å². The molecule has 0 radical (unpaired) electrons. The van der Waals surface area contributed by atoms with Crippen molar-refractivity contribution in [2.45, 2.75) is 6.42 Å². The Bertz CT molecular complexity index is 1040. The van der Waals surface area contributed by atoms with Gasteiger partial charge in [0.25, 0.3) is 0 Å². The standard InChI is InChI=1S/C19H13FN2OS/c20-14-8-5-12(6-9-14)11-17(23)21-19-22-18-15-4-2-1-3-13(15)7-10-16(18)24-19/h1-10H,11H2,(H,21,22,23). The number of nitrogens with one attached hydrogen (secondary N) is 1. The van der Waals surface area contributed by atoms with Crippen LogP contribution in [0.3, 0.4) is 0 Å². The number of nitrogens with zero attached hydrogens (tertiary/aromatic N) is 1. The van der Waals surface area contributed by atoms with E-state index in [9.17, 15) is 9.18 Å². The number of halogens is 1. The smallest absolute Gasteiger partial charge is 0.230 e. The van der Waals surface area contributed by atoms with Gasteiger partial charge in [0.1, 0.15) is 5.82 Å². The Balaban J connectivity index is 1.59. The molecule has 3 aromatic carbocycles. The van der Waals surface area contributed by atoms with E-state index >= 15 is 0 Å². The van der Waals surface area contributed by atoms with Gasteiger partial charge in [-0.3, -0.25) is 4.79 Å². The lowest BCUT2D eigenvalue weighted by atomic mass is 10.1. The molecule has 0 spiro atoms. The zero-order chi connectivity index (χ0) is 16.5. The lowest BCUT2D eigenvalue weighted by Crippen LogP contribution is -2.14. The molecule has 0 aliphatic rings. The molecule has 0 aliphatic heterocycles. The number of hydrogen-bond donors (Lipinski definition) is 1. The highest BCUT2D eigenvalue weighted by atomic mass is 32.1. The molecule has 1 amide bonds. The van der Waals surface area contributed by atoms with Crippen molar-refractivity contribution in [2.24, 2.45) is 0 Å². The summed E-state index contributed by atoms with van der Waals surface area (Å²) in [5.41, 5.74) is 1.66. The van der Waals surface area contributed by atoms with E-state index in [0.29, 0.717) is 5.13 Å². The third kappa shape index (κ3) is 2.86. The van der Waals surface area contributed by atoms with E-state index in [-0.39, 0.29) is 18.1 Å². The highest BCUT2D eigenvalue weighted by Crippen LogP contribution is 2.31. The Morgan fingerprint density at radius 3 is 2.67 bits per heavy atom. The molecule has 5 heteroatoms. The van der Waals surface area contributed by atoms with Crippen molar-refractivity contribution in [3.8, 4) is 0 Å². The summed E-state index contributed by atoms with van der Waals surface area (Å²) < 4.78 is 13.9. The Hall–Kier alpha value is -2.79. The predicted molar refractivity (Wildman–Crippen MR) is 95.9 cm³/mol. The zero-order valence-electron chi connectivity index (χ0n) is 12.6. The Morgan fingerprint density at radius 2 is 1.83 bits per heavy atom. The largest absolute Gasteiger partial charge is 0.302 e. The fourth-order valence-electron chi connectivity index (χ4n) is 2.67. The number of hydrogen-bond acceptors (Lipinski definition) is 3. The van der Waals surface area contributed by atoms with Crippen molar-refractivity contribution in [2.75, 3.05) is 5.32 Å². The van der Waals surface area contributed by atoms with Crippen LogP contribution in [0.25, 0.3) is 21.0 Å². The normalized spacial score (nSPS) is 11.0. The fraction of sp³-hybridized carbons (Fsp3) is 0.0526. The number of benzene rings is 3. The maximum Gasteiger partial charge on any atom is 0.230 e. The highest BCUT2D eigenvalue weighted by Gasteiger charge is 2.10. The van der Waals surface area contributed by atoms with E-state index in [0.717, 1.165) is 26.6 Å². The molecular formula is C19H13FN2OS. The zero-order valence-corrected chi connectivity index (χ0v) is 13.4. The number of thiazole rings is 1. The van der Waals surface area contributed by atoms with Gasteiger partial charge in [0, 0.05) is 5.39 Å². The molecule has 118 valence electrons. The second kappa shape index (κ2) is 6.02. The van der Waals surface area contributed by atoms with Crippen molar-refractivity contribution < 1.29 is 9.18 Å². The summed E-state index contributed by atoms with van der Waals surface area (Å²) in [6.07, 6.45) is 0.191. The number of fused-ring (bicyclic) bond motifs is 3. The first kappa shape index (κ1) is 14.8. The maximum atomic E-state index is 12.9. The molecule has 0 aliphatic carbocycles. The van der Waals surface area contributed by atoms with E-state index in [1.807, 2.05) is 30.3 Å². The van der Waals surface area contributed by atoms with Gasteiger partial charge < -0.3 is 5.32 Å². The summed E-state index contributed by atoms with van der Waals surface area (Å²) in [4.78, 5) is 16.7. The lowest BCUT2D eigenvalue weighted by molar-refractivity contribution is -0.115. The van der Waals surface area contributed by atoms with Gasteiger partial charge in [-0.1, -0.05) is 53.8 Å². The van der Waals surface area contributed by atoms with Crippen LogP contribution >= 0.6 is 11.3 Å². The van der Waals surface area contributed by atoms with E-state index in [2.05, 4.69) is 16.4 Å². The topological polar surface area (TPSA) is 42.0 Å². The van der Waals surface area contributed by atoms with E-state index < -0.39 is 0 Å². The van der Waals surface area contributed by atoms with Gasteiger partial charge in [-0.15, -0.1) is 0 Å². The van der Waals surface area contributed by atoms with Crippen LogP contribution in [0.4, 0.5) is 9.52 Å². The third-order valence-electron chi connectivity index (χ3n) is 3.81. The molecule has 4 rings (SSSR count). The fourth-order valence-corrected chi connectivity index (χ4v) is 3.56. The number of rotatable bonds is 3. The van der Waals surface area contributed by atoms with Crippen LogP contribution in [0.1, 0.15) is 5.56 Å². The molecule has 0 bridgehead atoms. The molecule has 0 atom stereocenters. The molecule has 4 aromatic rings. The molecule has 1 heterocycles. The van der Waals surface area contributed by atoms with Crippen LogP contribution < -0.4 is 5.32 Å². The molecule has 0 unspecified atom stereocenters. The van der Waals surface area contributed by atoms with Gasteiger partial charge in [0.05, 0.1) is 16.6 Å². The molecular weight excluding hydrogens is 323 g/mol. The first-order valence-electron chi connectivity index (χ1n) is 7.52. The quantitative estimate of drug-likeness (QED) is 0.585. The van der Waals surface area contributed by atoms with Crippen LogP contribution in [0.5, 0.6) is 0 Å². The minimum atomic E-state index is -0.308. The number of carbonyl (C=O) groups is 1. The molecule has 0 saturated carbocycles. The summed E-state index contributed by atoms with van der Waals surface area (Å²) in [5.74, 6) is -0.470. The number of amides is 1. The van der Waals surface area contributed by atoms with Gasteiger partial charge in [-0.2, -0.15) is 0 Å². The average Bonchev–Trinajstić information content (AvgIpc) is 2.99. The first-order valence-corrected chi connectivity index (χ1v) is 8.33. The van der Waals surface area contributed by atoms with Crippen LogP contribution in [0, 0.1) is 5.82 Å². The molecule has 1 N–H and O–H groups in total. The highest BCUT2D eigenvalue weighted by molar-refractivity contribution is 7.22. The van der Waals surface area contributed by atoms with Gasteiger partial charge >= 0.3 is 0 Å². The predicted octanol–water partition coefficient (Wildman–Crippen LogP) is 4.77. The van der Waals surface area contributed by atoms with Gasteiger partial charge in [0.15, 0.2) is 5.13 Å². The maximum absolute atomic E-state index is 12.9. The molecule has 0 fully saturated rings. The summed E-state index contributed by atoms with van der Waals surface area (Å²) in [5, 5.41) is 5.61. The van der Waals surface area contributed by atoms with Crippen molar-refractivity contribution >= 4 is 43.4 Å². The number of carbonyl (C=O) groups excluding carboxylic acids is 1. The van der Waals surface area contributed by atoms with Crippen molar-refractivity contribution in [3.05, 3.63) is 72.0 Å².